The first-order valence-electron chi connectivity index (χ1n) is 4.49. The van der Waals surface area contributed by atoms with Crippen LogP contribution >= 0.6 is 0 Å². The molecule has 0 N–H and O–H groups in total. The Morgan fingerprint density at radius 1 is 1.36 bits per heavy atom. The number of hydrogen-bond acceptors (Lipinski definition) is 1. The molecule has 0 aromatic heterocycles. The predicted molar refractivity (Wildman–Crippen MR) is 55.9 cm³/mol. The summed E-state index contributed by atoms with van der Waals surface area (Å²) in [5.74, 6) is 0.541. The van der Waals surface area contributed by atoms with Gasteiger partial charge in [0, 0.05) is 0 Å². The maximum Gasteiger partial charge on any atom is 0.119 e. The van der Waals surface area contributed by atoms with E-state index in [1.165, 1.54) is 12.2 Å². The Hall–Kier alpha value is -1.57. The standard InChI is InChI=1S/C12H13FO/c1-2-11(13)7-6-10-14-12-8-4-3-5-9-12/h2-9H,10H2,1H3/b7-6-,11-2+. The quantitative estimate of drug-likeness (QED) is 0.663. The molecule has 0 radical (unpaired) electrons. The molecule has 0 bridgehead atoms. The van der Waals surface area contributed by atoms with Gasteiger partial charge in [-0.2, -0.15) is 0 Å². The van der Waals surface area contributed by atoms with Gasteiger partial charge in [-0.1, -0.05) is 24.3 Å². The van der Waals surface area contributed by atoms with Crippen LogP contribution < -0.4 is 4.74 Å². The maximum absolute atomic E-state index is 12.6. The number of benzene rings is 1. The van der Waals surface area contributed by atoms with Gasteiger partial charge in [-0.25, -0.2) is 4.39 Å². The Morgan fingerprint density at radius 2 is 2.07 bits per heavy atom. The van der Waals surface area contributed by atoms with Gasteiger partial charge in [0.05, 0.1) is 0 Å². The van der Waals surface area contributed by atoms with Crippen LogP contribution in [0.15, 0.2) is 54.4 Å². The zero-order chi connectivity index (χ0) is 10.2. The van der Waals surface area contributed by atoms with Crippen molar-refractivity contribution in [3.05, 3.63) is 54.4 Å². The molecule has 0 aliphatic heterocycles. The van der Waals surface area contributed by atoms with Gasteiger partial charge in [0.2, 0.25) is 0 Å². The summed E-state index contributed by atoms with van der Waals surface area (Å²) >= 11 is 0. The van der Waals surface area contributed by atoms with Crippen LogP contribution in [-0.4, -0.2) is 6.61 Å². The third-order valence-corrected chi connectivity index (χ3v) is 1.64. The molecule has 0 spiro atoms. The van der Waals surface area contributed by atoms with Crippen molar-refractivity contribution in [1.82, 2.24) is 0 Å². The molecule has 0 aliphatic carbocycles. The zero-order valence-electron chi connectivity index (χ0n) is 8.11. The fraction of sp³-hybridized carbons (Fsp3) is 0.167. The molecule has 0 saturated carbocycles. The number of hydrogen-bond donors (Lipinski definition) is 0. The molecule has 0 amide bonds. The van der Waals surface area contributed by atoms with E-state index in [0.29, 0.717) is 6.61 Å². The Kier molecular flexibility index (Phi) is 4.48. The smallest absolute Gasteiger partial charge is 0.119 e. The van der Waals surface area contributed by atoms with E-state index >= 15 is 0 Å². The molecule has 1 nitrogen and oxygen atoms in total. The van der Waals surface area contributed by atoms with Gasteiger partial charge in [-0.3, -0.25) is 0 Å². The van der Waals surface area contributed by atoms with Crippen LogP contribution in [0.2, 0.25) is 0 Å². The van der Waals surface area contributed by atoms with Crippen LogP contribution in [0.3, 0.4) is 0 Å². The first-order valence-corrected chi connectivity index (χ1v) is 4.49. The lowest BCUT2D eigenvalue weighted by molar-refractivity contribution is 0.362. The average molecular weight is 192 g/mol. The summed E-state index contributed by atoms with van der Waals surface area (Å²) in [6, 6.07) is 9.43. The zero-order valence-corrected chi connectivity index (χ0v) is 8.11. The molecule has 0 saturated heterocycles. The summed E-state index contributed by atoms with van der Waals surface area (Å²) in [7, 11) is 0. The van der Waals surface area contributed by atoms with E-state index in [4.69, 9.17) is 4.74 Å². The predicted octanol–water partition coefficient (Wildman–Crippen LogP) is 3.49. The summed E-state index contributed by atoms with van der Waals surface area (Å²) in [5.41, 5.74) is 0. The fourth-order valence-corrected chi connectivity index (χ4v) is 0.918. The van der Waals surface area contributed by atoms with E-state index in [1.54, 1.807) is 13.0 Å². The van der Waals surface area contributed by atoms with Crippen molar-refractivity contribution in [2.24, 2.45) is 0 Å². The molecule has 0 fully saturated rings. The number of ether oxygens (including phenoxy) is 1. The second kappa shape index (κ2) is 5.97. The Labute approximate surface area is 83.5 Å². The minimum absolute atomic E-state index is 0.248. The molecule has 1 aromatic rings. The SMILES string of the molecule is C/C=C(F)\C=C/COc1ccccc1. The number of para-hydroxylation sites is 1. The van der Waals surface area contributed by atoms with Gasteiger partial charge < -0.3 is 4.74 Å². The Bertz CT molecular complexity index is 314. The van der Waals surface area contributed by atoms with E-state index in [0.717, 1.165) is 5.75 Å². The molecule has 0 aliphatic rings. The van der Waals surface area contributed by atoms with Crippen LogP contribution in [0.4, 0.5) is 4.39 Å². The number of allylic oxidation sites excluding steroid dienone is 3. The van der Waals surface area contributed by atoms with Gasteiger partial charge in [0.25, 0.3) is 0 Å². The van der Waals surface area contributed by atoms with Gasteiger partial charge in [-0.05, 0) is 31.2 Å². The topological polar surface area (TPSA) is 9.23 Å². The van der Waals surface area contributed by atoms with Gasteiger partial charge in [-0.15, -0.1) is 0 Å². The van der Waals surface area contributed by atoms with Crippen LogP contribution in [0.5, 0.6) is 5.75 Å². The average Bonchev–Trinajstić information content (AvgIpc) is 2.25. The molecule has 1 aromatic carbocycles. The third kappa shape index (κ3) is 3.90. The lowest BCUT2D eigenvalue weighted by atomic mass is 10.3. The molecule has 74 valence electrons. The van der Waals surface area contributed by atoms with E-state index in [-0.39, 0.29) is 5.83 Å². The van der Waals surface area contributed by atoms with Gasteiger partial charge in [0.15, 0.2) is 0 Å². The minimum Gasteiger partial charge on any atom is -0.490 e. The van der Waals surface area contributed by atoms with E-state index in [9.17, 15) is 4.39 Å². The molecule has 0 unspecified atom stereocenters. The molecule has 1 rings (SSSR count). The van der Waals surface area contributed by atoms with Crippen molar-refractivity contribution in [2.45, 2.75) is 6.92 Å². The number of rotatable bonds is 4. The second-order valence-corrected chi connectivity index (χ2v) is 2.70. The highest BCUT2D eigenvalue weighted by Crippen LogP contribution is 2.08. The largest absolute Gasteiger partial charge is 0.490 e. The minimum atomic E-state index is -0.248. The summed E-state index contributed by atoms with van der Waals surface area (Å²) < 4.78 is 17.9. The molecule has 2 heteroatoms. The van der Waals surface area contributed by atoms with Crippen molar-refractivity contribution < 1.29 is 9.13 Å². The monoisotopic (exact) mass is 192 g/mol. The summed E-state index contributed by atoms with van der Waals surface area (Å²) in [5, 5.41) is 0. The van der Waals surface area contributed by atoms with Crippen LogP contribution in [0.25, 0.3) is 0 Å². The van der Waals surface area contributed by atoms with Crippen molar-refractivity contribution >= 4 is 0 Å². The highest BCUT2D eigenvalue weighted by atomic mass is 19.1. The van der Waals surface area contributed by atoms with Gasteiger partial charge in [0.1, 0.15) is 18.2 Å². The van der Waals surface area contributed by atoms with Crippen LogP contribution in [-0.2, 0) is 0 Å². The van der Waals surface area contributed by atoms with Crippen molar-refractivity contribution in [3.8, 4) is 5.75 Å². The van der Waals surface area contributed by atoms with Crippen molar-refractivity contribution in [1.29, 1.82) is 0 Å². The lowest BCUT2D eigenvalue weighted by Crippen LogP contribution is -1.92. The number of halogens is 1. The van der Waals surface area contributed by atoms with Crippen LogP contribution in [0.1, 0.15) is 6.92 Å². The molecule has 14 heavy (non-hydrogen) atoms. The summed E-state index contributed by atoms with van der Waals surface area (Å²) in [6.45, 7) is 2.03. The lowest BCUT2D eigenvalue weighted by Gasteiger charge is -2.00. The molecular formula is C12H13FO. The summed E-state index contributed by atoms with van der Waals surface area (Å²) in [6.07, 6.45) is 4.43. The Balaban J connectivity index is 2.32. The highest BCUT2D eigenvalue weighted by molar-refractivity contribution is 5.21. The van der Waals surface area contributed by atoms with E-state index in [1.807, 2.05) is 30.3 Å². The normalized spacial score (nSPS) is 12.0. The van der Waals surface area contributed by atoms with E-state index in [2.05, 4.69) is 0 Å². The Morgan fingerprint density at radius 3 is 2.71 bits per heavy atom. The second-order valence-electron chi connectivity index (χ2n) is 2.70. The van der Waals surface area contributed by atoms with Crippen molar-refractivity contribution in [2.75, 3.05) is 6.61 Å². The third-order valence-electron chi connectivity index (χ3n) is 1.64. The molecular weight excluding hydrogens is 179 g/mol. The van der Waals surface area contributed by atoms with Crippen LogP contribution in [0, 0.1) is 0 Å². The fourth-order valence-electron chi connectivity index (χ4n) is 0.918. The summed E-state index contributed by atoms with van der Waals surface area (Å²) in [4.78, 5) is 0. The highest BCUT2D eigenvalue weighted by Gasteiger charge is 1.87. The first kappa shape index (κ1) is 10.5. The first-order chi connectivity index (χ1) is 6.83. The van der Waals surface area contributed by atoms with Crippen molar-refractivity contribution in [3.63, 3.8) is 0 Å². The van der Waals surface area contributed by atoms with E-state index < -0.39 is 0 Å². The molecule has 0 heterocycles. The maximum atomic E-state index is 12.6. The van der Waals surface area contributed by atoms with Gasteiger partial charge >= 0.3 is 0 Å². The molecule has 0 atom stereocenters.